The second kappa shape index (κ2) is 11.2. The van der Waals surface area contributed by atoms with E-state index in [0.717, 1.165) is 11.0 Å². The lowest BCUT2D eigenvalue weighted by molar-refractivity contribution is -0.896. The van der Waals surface area contributed by atoms with Gasteiger partial charge in [-0.3, -0.25) is 0 Å². The third kappa shape index (κ3) is 10.1. The van der Waals surface area contributed by atoms with Crippen LogP contribution >= 0.6 is 15.9 Å². The SMILES string of the molecule is CCCC[N+](C)(CBr)CCCC.Cc1ccc(S(=O)(=O)[O-])cc1. The molecule has 134 valence electrons. The Morgan fingerprint density at radius 2 is 1.48 bits per heavy atom. The van der Waals surface area contributed by atoms with Crippen molar-refractivity contribution in [3.63, 3.8) is 0 Å². The molecular formula is C17H30BrNO3S. The van der Waals surface area contributed by atoms with Crippen LogP contribution in [-0.4, -0.2) is 43.0 Å². The van der Waals surface area contributed by atoms with E-state index in [1.54, 1.807) is 12.1 Å². The summed E-state index contributed by atoms with van der Waals surface area (Å²) in [5.41, 5.74) is 2.03. The van der Waals surface area contributed by atoms with Crippen molar-refractivity contribution in [2.45, 2.75) is 51.3 Å². The molecule has 0 heterocycles. The summed E-state index contributed by atoms with van der Waals surface area (Å²) in [6.45, 7) is 8.99. The summed E-state index contributed by atoms with van der Waals surface area (Å²) in [7, 11) is -1.92. The summed E-state index contributed by atoms with van der Waals surface area (Å²) >= 11 is 3.60. The van der Waals surface area contributed by atoms with E-state index in [9.17, 15) is 13.0 Å². The fraction of sp³-hybridized carbons (Fsp3) is 0.647. The zero-order valence-corrected chi connectivity index (χ0v) is 17.1. The number of unbranched alkanes of at least 4 members (excludes halogenated alkanes) is 2. The Balaban J connectivity index is 0.000000422. The highest BCUT2D eigenvalue weighted by Gasteiger charge is 2.17. The molecule has 0 saturated heterocycles. The van der Waals surface area contributed by atoms with Gasteiger partial charge in [-0.15, -0.1) is 0 Å². The number of nitrogens with zero attached hydrogens (tertiary/aromatic N) is 1. The highest BCUT2D eigenvalue weighted by molar-refractivity contribution is 9.09. The van der Waals surface area contributed by atoms with Crippen LogP contribution in [-0.2, 0) is 10.1 Å². The molecule has 0 N–H and O–H groups in total. The Labute approximate surface area is 150 Å². The van der Waals surface area contributed by atoms with Gasteiger partial charge in [0.1, 0.15) is 15.6 Å². The van der Waals surface area contributed by atoms with Crippen molar-refractivity contribution in [3.05, 3.63) is 29.8 Å². The van der Waals surface area contributed by atoms with E-state index in [1.807, 2.05) is 6.92 Å². The van der Waals surface area contributed by atoms with E-state index in [0.29, 0.717) is 0 Å². The van der Waals surface area contributed by atoms with Crippen LogP contribution in [0.3, 0.4) is 0 Å². The summed E-state index contributed by atoms with van der Waals surface area (Å²) in [4.78, 5) is -0.178. The topological polar surface area (TPSA) is 57.2 Å². The van der Waals surface area contributed by atoms with Gasteiger partial charge in [0.25, 0.3) is 0 Å². The molecule has 4 nitrogen and oxygen atoms in total. The lowest BCUT2D eigenvalue weighted by atomic mass is 10.2. The van der Waals surface area contributed by atoms with Crippen molar-refractivity contribution in [2.24, 2.45) is 0 Å². The second-order valence-electron chi connectivity index (χ2n) is 6.16. The molecule has 0 aromatic heterocycles. The van der Waals surface area contributed by atoms with E-state index >= 15 is 0 Å². The van der Waals surface area contributed by atoms with Gasteiger partial charge < -0.3 is 9.04 Å². The summed E-state index contributed by atoms with van der Waals surface area (Å²) in [5, 5.41) is 0. The zero-order valence-electron chi connectivity index (χ0n) is 14.7. The molecule has 0 fully saturated rings. The molecule has 0 spiro atoms. The monoisotopic (exact) mass is 407 g/mol. The second-order valence-corrected chi connectivity index (χ2v) is 8.04. The van der Waals surface area contributed by atoms with Crippen LogP contribution in [0, 0.1) is 6.92 Å². The molecule has 6 heteroatoms. The number of rotatable bonds is 8. The van der Waals surface area contributed by atoms with E-state index in [1.165, 1.54) is 55.4 Å². The van der Waals surface area contributed by atoms with Gasteiger partial charge >= 0.3 is 0 Å². The molecule has 0 saturated carbocycles. The molecule has 0 aliphatic heterocycles. The number of quaternary nitrogens is 1. The fourth-order valence-electron chi connectivity index (χ4n) is 2.02. The summed E-state index contributed by atoms with van der Waals surface area (Å²) in [5.74, 6) is 0. The average molecular weight is 408 g/mol. The first-order valence-electron chi connectivity index (χ1n) is 8.10. The predicted molar refractivity (Wildman–Crippen MR) is 98.7 cm³/mol. The zero-order chi connectivity index (χ0) is 17.9. The van der Waals surface area contributed by atoms with Crippen LogP contribution in [0.4, 0.5) is 0 Å². The Kier molecular flexibility index (Phi) is 11.0. The third-order valence-electron chi connectivity index (χ3n) is 3.70. The quantitative estimate of drug-likeness (QED) is 0.279. The molecule has 0 amide bonds. The Morgan fingerprint density at radius 3 is 1.78 bits per heavy atom. The number of aryl methyl sites for hydroxylation is 1. The summed E-state index contributed by atoms with van der Waals surface area (Å²) in [6, 6.07) is 5.78. The van der Waals surface area contributed by atoms with Gasteiger partial charge in [-0.2, -0.15) is 0 Å². The van der Waals surface area contributed by atoms with Crippen LogP contribution in [0.25, 0.3) is 0 Å². The fourth-order valence-corrected chi connectivity index (χ4v) is 2.99. The van der Waals surface area contributed by atoms with Crippen LogP contribution in [0.5, 0.6) is 0 Å². The van der Waals surface area contributed by atoms with Gasteiger partial charge in [0.05, 0.1) is 25.0 Å². The Bertz CT molecular complexity index is 521. The smallest absolute Gasteiger partial charge is 0.134 e. The van der Waals surface area contributed by atoms with Gasteiger partial charge in [-0.25, -0.2) is 8.42 Å². The molecule has 0 aliphatic rings. The predicted octanol–water partition coefficient (Wildman–Crippen LogP) is 4.28. The van der Waals surface area contributed by atoms with Crippen molar-refractivity contribution in [3.8, 4) is 0 Å². The third-order valence-corrected chi connectivity index (χ3v) is 5.76. The van der Waals surface area contributed by atoms with Crippen LogP contribution in [0.1, 0.15) is 45.1 Å². The molecule has 0 radical (unpaired) electrons. The molecule has 1 rings (SSSR count). The normalized spacial score (nSPS) is 11.7. The maximum Gasteiger partial charge on any atom is 0.134 e. The van der Waals surface area contributed by atoms with Crippen molar-refractivity contribution in [2.75, 3.05) is 25.6 Å². The number of halogens is 1. The highest BCUT2D eigenvalue weighted by atomic mass is 79.9. The lowest BCUT2D eigenvalue weighted by Gasteiger charge is -2.32. The van der Waals surface area contributed by atoms with Gasteiger partial charge in [0.15, 0.2) is 0 Å². The molecule has 0 aliphatic carbocycles. The maximum atomic E-state index is 10.4. The molecule has 0 unspecified atom stereocenters. The van der Waals surface area contributed by atoms with Crippen LogP contribution < -0.4 is 0 Å². The van der Waals surface area contributed by atoms with E-state index in [-0.39, 0.29) is 4.90 Å². The first-order valence-corrected chi connectivity index (χ1v) is 10.6. The number of hydrogen-bond acceptors (Lipinski definition) is 3. The summed E-state index contributed by atoms with van der Waals surface area (Å²) < 4.78 is 32.4. The van der Waals surface area contributed by atoms with Gasteiger partial charge in [-0.1, -0.05) is 44.4 Å². The van der Waals surface area contributed by atoms with Gasteiger partial charge in [0.2, 0.25) is 0 Å². The molecule has 0 bridgehead atoms. The van der Waals surface area contributed by atoms with Gasteiger partial charge in [-0.05, 0) is 47.8 Å². The lowest BCUT2D eigenvalue weighted by Crippen LogP contribution is -2.44. The minimum absolute atomic E-state index is 0.178. The maximum absolute atomic E-state index is 10.4. The van der Waals surface area contributed by atoms with E-state index < -0.39 is 10.1 Å². The van der Waals surface area contributed by atoms with Crippen LogP contribution in [0.15, 0.2) is 29.2 Å². The number of hydrogen-bond donors (Lipinski definition) is 0. The standard InChI is InChI=1S/C10H23BrN.C7H8O3S/c1-4-6-8-12(3,10-11)9-7-5-2;1-6-2-4-7(5-3-6)11(8,9)10/h4-10H2,1-3H3;2-5H,1H3,(H,8,9,10)/q+1;/p-1. The van der Waals surface area contributed by atoms with Gasteiger partial charge in [0, 0.05) is 0 Å². The van der Waals surface area contributed by atoms with Crippen molar-refractivity contribution in [1.29, 1.82) is 0 Å². The number of benzene rings is 1. The Morgan fingerprint density at radius 1 is 1.04 bits per heavy atom. The molecule has 23 heavy (non-hydrogen) atoms. The molecule has 0 atom stereocenters. The Hall–Kier alpha value is -0.430. The summed E-state index contributed by atoms with van der Waals surface area (Å²) in [6.07, 6.45) is 5.33. The largest absolute Gasteiger partial charge is 0.744 e. The first-order chi connectivity index (χ1) is 10.7. The van der Waals surface area contributed by atoms with Crippen molar-refractivity contribution >= 4 is 26.0 Å². The molecule has 1 aromatic rings. The minimum atomic E-state index is -4.27. The molecular weight excluding hydrogens is 378 g/mol. The molecule has 1 aromatic carbocycles. The highest BCUT2D eigenvalue weighted by Crippen LogP contribution is 2.11. The van der Waals surface area contributed by atoms with E-state index in [2.05, 4.69) is 36.8 Å². The van der Waals surface area contributed by atoms with Crippen molar-refractivity contribution < 1.29 is 17.5 Å². The minimum Gasteiger partial charge on any atom is -0.744 e. The van der Waals surface area contributed by atoms with Crippen LogP contribution in [0.2, 0.25) is 0 Å². The number of alkyl halides is 1. The first kappa shape index (κ1) is 22.6. The van der Waals surface area contributed by atoms with E-state index in [4.69, 9.17) is 0 Å². The average Bonchev–Trinajstić information content (AvgIpc) is 2.51. The van der Waals surface area contributed by atoms with Crippen molar-refractivity contribution in [1.82, 2.24) is 0 Å².